The van der Waals surface area contributed by atoms with Gasteiger partial charge in [-0.2, -0.15) is 4.68 Å². The normalized spacial score (nSPS) is 12.0. The van der Waals surface area contributed by atoms with E-state index in [0.717, 1.165) is 47.0 Å². The van der Waals surface area contributed by atoms with E-state index in [1.807, 2.05) is 28.9 Å². The van der Waals surface area contributed by atoms with Gasteiger partial charge in [0.25, 0.3) is 0 Å². The van der Waals surface area contributed by atoms with Gasteiger partial charge in [0.2, 0.25) is 0 Å². The molecule has 0 radical (unpaired) electrons. The number of aryl methyl sites for hydroxylation is 2. The van der Waals surface area contributed by atoms with Crippen LogP contribution in [-0.4, -0.2) is 32.2 Å². The molecule has 4 aromatic carbocycles. The molecule has 6 nitrogen and oxygen atoms in total. The molecule has 186 valence electrons. The minimum Gasteiger partial charge on any atom is -0.497 e. The van der Waals surface area contributed by atoms with Crippen LogP contribution in [0.3, 0.4) is 0 Å². The van der Waals surface area contributed by atoms with E-state index in [1.165, 1.54) is 11.1 Å². The fourth-order valence-electron chi connectivity index (χ4n) is 4.85. The van der Waals surface area contributed by atoms with Crippen LogP contribution in [0.15, 0.2) is 103 Å². The van der Waals surface area contributed by atoms with Gasteiger partial charge >= 0.3 is 0 Å². The summed E-state index contributed by atoms with van der Waals surface area (Å²) in [6.45, 7) is 5.65. The summed E-state index contributed by atoms with van der Waals surface area (Å²) in [5.74, 6) is 1.59. The van der Waals surface area contributed by atoms with Crippen LogP contribution in [0.2, 0.25) is 0 Å². The van der Waals surface area contributed by atoms with Crippen LogP contribution in [0.25, 0.3) is 5.69 Å². The average molecular weight is 490 g/mol. The number of hydrogen-bond donors (Lipinski definition) is 0. The SMILES string of the molecule is COc1ccc([C@H](c2nnnn2-c2c(C)cccc2C)N(Cc2ccccc2)Cc2ccccc2)cc1. The number of hydrogen-bond acceptors (Lipinski definition) is 5. The molecule has 5 aromatic rings. The van der Waals surface area contributed by atoms with Crippen molar-refractivity contribution in [1.29, 1.82) is 0 Å². The minimum atomic E-state index is -0.208. The van der Waals surface area contributed by atoms with Crippen molar-refractivity contribution in [3.63, 3.8) is 0 Å². The predicted molar refractivity (Wildman–Crippen MR) is 146 cm³/mol. The number of rotatable bonds is 9. The summed E-state index contributed by atoms with van der Waals surface area (Å²) in [6, 6.07) is 35.4. The summed E-state index contributed by atoms with van der Waals surface area (Å²) in [6.07, 6.45) is 0. The van der Waals surface area contributed by atoms with Crippen molar-refractivity contribution < 1.29 is 4.74 Å². The smallest absolute Gasteiger partial charge is 0.178 e. The third-order valence-corrected chi connectivity index (χ3v) is 6.64. The van der Waals surface area contributed by atoms with E-state index < -0.39 is 0 Å². The second-order valence-corrected chi connectivity index (χ2v) is 9.24. The van der Waals surface area contributed by atoms with Crippen molar-refractivity contribution in [2.24, 2.45) is 0 Å². The van der Waals surface area contributed by atoms with Crippen molar-refractivity contribution in [3.05, 3.63) is 137 Å². The highest BCUT2D eigenvalue weighted by Gasteiger charge is 2.30. The van der Waals surface area contributed by atoms with Crippen LogP contribution in [-0.2, 0) is 13.1 Å². The molecule has 0 unspecified atom stereocenters. The Balaban J connectivity index is 1.67. The molecule has 0 bridgehead atoms. The lowest BCUT2D eigenvalue weighted by atomic mass is 10.0. The maximum absolute atomic E-state index is 5.46. The van der Waals surface area contributed by atoms with Crippen molar-refractivity contribution >= 4 is 0 Å². The molecule has 1 heterocycles. The first-order valence-corrected chi connectivity index (χ1v) is 12.4. The molecule has 0 saturated heterocycles. The minimum absolute atomic E-state index is 0.208. The highest BCUT2D eigenvalue weighted by Crippen LogP contribution is 2.33. The Bertz CT molecular complexity index is 1370. The van der Waals surface area contributed by atoms with E-state index in [1.54, 1.807) is 7.11 Å². The van der Waals surface area contributed by atoms with Crippen molar-refractivity contribution in [2.75, 3.05) is 7.11 Å². The number of methoxy groups -OCH3 is 1. The summed E-state index contributed by atoms with van der Waals surface area (Å²) in [5.41, 5.74) is 6.81. The number of para-hydroxylation sites is 1. The van der Waals surface area contributed by atoms with Crippen LogP contribution in [0.4, 0.5) is 0 Å². The lowest BCUT2D eigenvalue weighted by Gasteiger charge is -2.32. The topological polar surface area (TPSA) is 56.1 Å². The zero-order valence-corrected chi connectivity index (χ0v) is 21.5. The summed E-state index contributed by atoms with van der Waals surface area (Å²) >= 11 is 0. The molecular weight excluding hydrogens is 458 g/mol. The van der Waals surface area contributed by atoms with Crippen molar-refractivity contribution in [2.45, 2.75) is 33.0 Å². The van der Waals surface area contributed by atoms with Gasteiger partial charge < -0.3 is 4.74 Å². The largest absolute Gasteiger partial charge is 0.497 e. The third-order valence-electron chi connectivity index (χ3n) is 6.64. The second kappa shape index (κ2) is 11.2. The first-order chi connectivity index (χ1) is 18.1. The number of aromatic nitrogens is 4. The lowest BCUT2D eigenvalue weighted by Crippen LogP contribution is -2.31. The van der Waals surface area contributed by atoms with Gasteiger partial charge in [-0.05, 0) is 64.2 Å². The zero-order valence-electron chi connectivity index (χ0n) is 21.5. The van der Waals surface area contributed by atoms with E-state index in [4.69, 9.17) is 4.74 Å². The van der Waals surface area contributed by atoms with E-state index in [2.05, 4.69) is 113 Å². The van der Waals surface area contributed by atoms with Gasteiger partial charge in [0.1, 0.15) is 5.75 Å². The molecule has 1 aromatic heterocycles. The van der Waals surface area contributed by atoms with E-state index >= 15 is 0 Å². The van der Waals surface area contributed by atoms with E-state index in [-0.39, 0.29) is 6.04 Å². The fourth-order valence-corrected chi connectivity index (χ4v) is 4.85. The van der Waals surface area contributed by atoms with Crippen LogP contribution in [0.1, 0.15) is 39.7 Å². The van der Waals surface area contributed by atoms with Gasteiger partial charge in [-0.1, -0.05) is 91.0 Å². The summed E-state index contributed by atoms with van der Waals surface area (Å²) in [7, 11) is 1.69. The molecule has 0 saturated carbocycles. The summed E-state index contributed by atoms with van der Waals surface area (Å²) in [4.78, 5) is 2.43. The first-order valence-electron chi connectivity index (χ1n) is 12.4. The molecule has 0 aliphatic rings. The van der Waals surface area contributed by atoms with Crippen LogP contribution < -0.4 is 4.74 Å². The number of benzene rings is 4. The molecule has 5 rings (SSSR count). The predicted octanol–water partition coefficient (Wildman–Crippen LogP) is 6.08. The van der Waals surface area contributed by atoms with Gasteiger partial charge in [-0.15, -0.1) is 5.10 Å². The van der Waals surface area contributed by atoms with Crippen LogP contribution in [0, 0.1) is 13.8 Å². The Morgan fingerprint density at radius 3 is 1.84 bits per heavy atom. The molecule has 0 fully saturated rings. The standard InChI is InChI=1S/C31H31N5O/c1-23-11-10-12-24(2)29(23)36-31(32-33-34-36)30(27-17-19-28(37-3)20-18-27)35(21-25-13-6-4-7-14-25)22-26-15-8-5-9-16-26/h4-20,30H,21-22H2,1-3H3/t30-/m1/s1. The molecule has 37 heavy (non-hydrogen) atoms. The fraction of sp³-hybridized carbons (Fsp3) is 0.194. The Hall–Kier alpha value is -4.29. The molecular formula is C31H31N5O. The maximum atomic E-state index is 5.46. The quantitative estimate of drug-likeness (QED) is 0.251. The third kappa shape index (κ3) is 5.44. The van der Waals surface area contributed by atoms with Gasteiger partial charge in [0, 0.05) is 13.1 Å². The molecule has 0 spiro atoms. The average Bonchev–Trinajstić information content (AvgIpc) is 3.39. The number of nitrogens with zero attached hydrogens (tertiary/aromatic N) is 5. The van der Waals surface area contributed by atoms with Gasteiger partial charge in [-0.25, -0.2) is 0 Å². The van der Waals surface area contributed by atoms with E-state index in [9.17, 15) is 0 Å². The Morgan fingerprint density at radius 1 is 0.730 bits per heavy atom. The summed E-state index contributed by atoms with van der Waals surface area (Å²) < 4.78 is 7.36. The van der Waals surface area contributed by atoms with Crippen LogP contribution in [0.5, 0.6) is 5.75 Å². The monoisotopic (exact) mass is 489 g/mol. The van der Waals surface area contributed by atoms with Gasteiger partial charge in [0.15, 0.2) is 5.82 Å². The maximum Gasteiger partial charge on any atom is 0.178 e. The van der Waals surface area contributed by atoms with Gasteiger partial charge in [0.05, 0.1) is 18.8 Å². The Morgan fingerprint density at radius 2 is 1.30 bits per heavy atom. The highest BCUT2D eigenvalue weighted by molar-refractivity contribution is 5.47. The van der Waals surface area contributed by atoms with E-state index in [0.29, 0.717) is 0 Å². The number of ether oxygens (including phenoxy) is 1. The Kier molecular flexibility index (Phi) is 7.38. The van der Waals surface area contributed by atoms with Crippen molar-refractivity contribution in [3.8, 4) is 11.4 Å². The second-order valence-electron chi connectivity index (χ2n) is 9.24. The molecule has 0 aliphatic heterocycles. The first kappa shape index (κ1) is 24.4. The molecule has 0 amide bonds. The molecule has 0 aliphatic carbocycles. The zero-order chi connectivity index (χ0) is 25.6. The van der Waals surface area contributed by atoms with Crippen LogP contribution >= 0.6 is 0 Å². The highest BCUT2D eigenvalue weighted by atomic mass is 16.5. The summed E-state index contributed by atoms with van der Waals surface area (Å²) in [5, 5.41) is 13.3. The molecule has 6 heteroatoms. The Labute approximate surface area is 218 Å². The molecule has 0 N–H and O–H groups in total. The lowest BCUT2D eigenvalue weighted by molar-refractivity contribution is 0.197. The van der Waals surface area contributed by atoms with Gasteiger partial charge in [-0.3, -0.25) is 4.90 Å². The number of tetrazole rings is 1. The van der Waals surface area contributed by atoms with Crippen molar-refractivity contribution in [1.82, 2.24) is 25.1 Å². The molecule has 1 atom stereocenters.